The summed E-state index contributed by atoms with van der Waals surface area (Å²) in [5, 5.41) is 0. The van der Waals surface area contributed by atoms with Crippen molar-refractivity contribution in [1.29, 1.82) is 0 Å². The first-order valence-corrected chi connectivity index (χ1v) is 3.20. The van der Waals surface area contributed by atoms with Crippen molar-refractivity contribution in [2.45, 2.75) is 12.4 Å². The van der Waals surface area contributed by atoms with E-state index in [4.69, 9.17) is 11.6 Å². The largest absolute Gasteiger partial charge is 0.364 e. The molecule has 1 aliphatic rings. The molecule has 0 amide bonds. The number of hydrogen-bond acceptors (Lipinski definition) is 1. The molecule has 1 nitrogen and oxygen atoms in total. The third-order valence-electron chi connectivity index (χ3n) is 1.45. The summed E-state index contributed by atoms with van der Waals surface area (Å²) < 4.78 is 0. The summed E-state index contributed by atoms with van der Waals surface area (Å²) in [6.07, 6.45) is 4.12. The highest BCUT2D eigenvalue weighted by molar-refractivity contribution is 6.20. The average Bonchev–Trinajstić information content (AvgIpc) is 1.98. The van der Waals surface area contributed by atoms with Gasteiger partial charge in [0.15, 0.2) is 0 Å². The summed E-state index contributed by atoms with van der Waals surface area (Å²) in [7, 11) is 1.98. The second-order valence-corrected chi connectivity index (χ2v) is 2.69. The fourth-order valence-electron chi connectivity index (χ4n) is 0.816. The topological polar surface area (TPSA) is 3.24 Å². The van der Waals surface area contributed by atoms with E-state index in [0.29, 0.717) is 5.92 Å². The molecular weight excluding hydrogens is 122 g/mol. The molecular formula is C6H10ClN. The van der Waals surface area contributed by atoms with Crippen LogP contribution >= 0.6 is 11.6 Å². The molecule has 1 rings (SSSR count). The minimum absolute atomic E-state index is 0.176. The standard InChI is InChI=1S/C6H10ClN/c1-5-3-4-8(2)6(5)7/h3-6H,1-2H3. The smallest absolute Gasteiger partial charge is 0.109 e. The summed E-state index contributed by atoms with van der Waals surface area (Å²) in [6, 6.07) is 0. The summed E-state index contributed by atoms with van der Waals surface area (Å²) in [4.78, 5) is 2.01. The van der Waals surface area contributed by atoms with Crippen LogP contribution in [-0.2, 0) is 0 Å². The van der Waals surface area contributed by atoms with E-state index in [1.54, 1.807) is 0 Å². The second kappa shape index (κ2) is 1.98. The Kier molecular flexibility index (Phi) is 1.47. The van der Waals surface area contributed by atoms with E-state index in [-0.39, 0.29) is 5.50 Å². The van der Waals surface area contributed by atoms with Crippen LogP contribution in [0.25, 0.3) is 0 Å². The molecule has 2 unspecified atom stereocenters. The lowest BCUT2D eigenvalue weighted by Gasteiger charge is -2.16. The first-order chi connectivity index (χ1) is 3.72. The zero-order valence-electron chi connectivity index (χ0n) is 5.13. The van der Waals surface area contributed by atoms with Crippen molar-refractivity contribution in [2.75, 3.05) is 7.05 Å². The Labute approximate surface area is 54.9 Å². The van der Waals surface area contributed by atoms with Crippen molar-refractivity contribution >= 4 is 11.6 Å². The summed E-state index contributed by atoms with van der Waals surface area (Å²) in [5.74, 6) is 0.502. The molecule has 0 fully saturated rings. The van der Waals surface area contributed by atoms with E-state index in [1.807, 2.05) is 18.1 Å². The molecule has 0 radical (unpaired) electrons. The van der Waals surface area contributed by atoms with Crippen LogP contribution in [0.3, 0.4) is 0 Å². The quantitative estimate of drug-likeness (QED) is 0.357. The minimum atomic E-state index is 0.176. The number of halogens is 1. The predicted molar refractivity (Wildman–Crippen MR) is 35.7 cm³/mol. The van der Waals surface area contributed by atoms with Crippen LogP contribution in [0.15, 0.2) is 12.3 Å². The van der Waals surface area contributed by atoms with Gasteiger partial charge in [-0.3, -0.25) is 0 Å². The molecule has 0 saturated carbocycles. The Bertz CT molecular complexity index is 99.1. The lowest BCUT2D eigenvalue weighted by Crippen LogP contribution is -2.20. The molecule has 0 aromatic carbocycles. The molecule has 1 heterocycles. The molecule has 0 aromatic rings. The number of rotatable bonds is 0. The van der Waals surface area contributed by atoms with Gasteiger partial charge in [0.2, 0.25) is 0 Å². The van der Waals surface area contributed by atoms with Crippen molar-refractivity contribution in [3.8, 4) is 0 Å². The van der Waals surface area contributed by atoms with Crippen molar-refractivity contribution < 1.29 is 0 Å². The Balaban J connectivity index is 2.55. The van der Waals surface area contributed by atoms with E-state index in [0.717, 1.165) is 0 Å². The molecule has 46 valence electrons. The van der Waals surface area contributed by atoms with Crippen LogP contribution in [-0.4, -0.2) is 17.4 Å². The van der Waals surface area contributed by atoms with Gasteiger partial charge in [0.25, 0.3) is 0 Å². The number of alkyl halides is 1. The average molecular weight is 132 g/mol. The zero-order valence-corrected chi connectivity index (χ0v) is 5.89. The van der Waals surface area contributed by atoms with Crippen molar-refractivity contribution in [1.82, 2.24) is 4.90 Å². The molecule has 0 aromatic heterocycles. The van der Waals surface area contributed by atoms with Gasteiger partial charge in [0.1, 0.15) is 5.50 Å². The fourth-order valence-corrected chi connectivity index (χ4v) is 0.965. The highest BCUT2D eigenvalue weighted by Gasteiger charge is 2.19. The molecule has 0 spiro atoms. The van der Waals surface area contributed by atoms with Crippen LogP contribution in [0.5, 0.6) is 0 Å². The molecule has 2 heteroatoms. The maximum absolute atomic E-state index is 5.88. The van der Waals surface area contributed by atoms with Gasteiger partial charge in [-0.25, -0.2) is 0 Å². The normalized spacial score (nSPS) is 36.6. The highest BCUT2D eigenvalue weighted by Crippen LogP contribution is 2.21. The van der Waals surface area contributed by atoms with Gasteiger partial charge in [0.05, 0.1) is 0 Å². The predicted octanol–water partition coefficient (Wildman–Crippen LogP) is 1.65. The van der Waals surface area contributed by atoms with Crippen LogP contribution < -0.4 is 0 Å². The van der Waals surface area contributed by atoms with Crippen molar-refractivity contribution in [3.63, 3.8) is 0 Å². The number of hydrogen-bond donors (Lipinski definition) is 0. The van der Waals surface area contributed by atoms with Gasteiger partial charge >= 0.3 is 0 Å². The third-order valence-corrected chi connectivity index (χ3v) is 2.15. The first-order valence-electron chi connectivity index (χ1n) is 2.76. The van der Waals surface area contributed by atoms with Gasteiger partial charge < -0.3 is 4.90 Å². The summed E-state index contributed by atoms with van der Waals surface area (Å²) >= 11 is 5.88. The molecule has 0 bridgehead atoms. The van der Waals surface area contributed by atoms with E-state index in [2.05, 4.69) is 13.0 Å². The van der Waals surface area contributed by atoms with E-state index >= 15 is 0 Å². The Hall–Kier alpha value is -0.170. The maximum atomic E-state index is 5.88. The SMILES string of the molecule is CC1C=CN(C)C1Cl. The van der Waals surface area contributed by atoms with E-state index < -0.39 is 0 Å². The van der Waals surface area contributed by atoms with Gasteiger partial charge in [-0.05, 0) is 6.20 Å². The minimum Gasteiger partial charge on any atom is -0.364 e. The summed E-state index contributed by atoms with van der Waals surface area (Å²) in [5.41, 5.74) is 0.176. The highest BCUT2D eigenvalue weighted by atomic mass is 35.5. The molecule has 0 aliphatic carbocycles. The van der Waals surface area contributed by atoms with Crippen molar-refractivity contribution in [3.05, 3.63) is 12.3 Å². The molecule has 1 aliphatic heterocycles. The molecule has 2 atom stereocenters. The fraction of sp³-hybridized carbons (Fsp3) is 0.667. The van der Waals surface area contributed by atoms with Crippen molar-refractivity contribution in [2.24, 2.45) is 5.92 Å². The molecule has 8 heavy (non-hydrogen) atoms. The lowest BCUT2D eigenvalue weighted by atomic mass is 10.2. The first kappa shape index (κ1) is 5.96. The summed E-state index contributed by atoms with van der Waals surface area (Å²) in [6.45, 7) is 2.11. The van der Waals surface area contributed by atoms with Crippen LogP contribution in [0.1, 0.15) is 6.92 Å². The zero-order chi connectivity index (χ0) is 6.15. The van der Waals surface area contributed by atoms with Crippen LogP contribution in [0.2, 0.25) is 0 Å². The van der Waals surface area contributed by atoms with Gasteiger partial charge in [-0.2, -0.15) is 0 Å². The monoisotopic (exact) mass is 131 g/mol. The molecule has 0 saturated heterocycles. The van der Waals surface area contributed by atoms with E-state index in [1.165, 1.54) is 0 Å². The molecule has 0 N–H and O–H groups in total. The third kappa shape index (κ3) is 0.826. The van der Waals surface area contributed by atoms with Gasteiger partial charge in [-0.1, -0.05) is 24.6 Å². The lowest BCUT2D eigenvalue weighted by molar-refractivity contribution is 0.405. The Morgan fingerprint density at radius 3 is 2.38 bits per heavy atom. The van der Waals surface area contributed by atoms with Gasteiger partial charge in [-0.15, -0.1) is 0 Å². The Morgan fingerprint density at radius 2 is 2.25 bits per heavy atom. The maximum Gasteiger partial charge on any atom is 0.109 e. The number of nitrogens with zero attached hydrogens (tertiary/aromatic N) is 1. The van der Waals surface area contributed by atoms with Gasteiger partial charge in [0, 0.05) is 13.0 Å². The second-order valence-electron chi connectivity index (χ2n) is 2.24. The Morgan fingerprint density at radius 1 is 1.62 bits per heavy atom. The van der Waals surface area contributed by atoms with E-state index in [9.17, 15) is 0 Å². The van der Waals surface area contributed by atoms with Crippen LogP contribution in [0.4, 0.5) is 0 Å². The van der Waals surface area contributed by atoms with Crippen LogP contribution in [0, 0.1) is 5.92 Å².